The molecule has 14 heteroatoms. The van der Waals surface area contributed by atoms with E-state index in [4.69, 9.17) is 23.4 Å². The van der Waals surface area contributed by atoms with Crippen molar-refractivity contribution in [2.75, 3.05) is 6.61 Å². The van der Waals surface area contributed by atoms with E-state index in [-0.39, 0.29) is 33.8 Å². The van der Waals surface area contributed by atoms with Crippen molar-refractivity contribution < 1.29 is 64.2 Å². The number of benzene rings is 2. The van der Waals surface area contributed by atoms with Crippen molar-refractivity contribution in [3.8, 4) is 34.3 Å². The molecule has 9 unspecified atom stereocenters. The van der Waals surface area contributed by atoms with Gasteiger partial charge in [-0.15, -0.1) is 0 Å². The molecule has 2 aromatic carbocycles. The lowest BCUT2D eigenvalue weighted by Gasteiger charge is -2.44. The molecule has 0 aliphatic carbocycles. The second-order valence-electron chi connectivity index (χ2n) is 9.63. The van der Waals surface area contributed by atoms with E-state index in [1.165, 1.54) is 31.2 Å². The van der Waals surface area contributed by atoms with Crippen molar-refractivity contribution in [3.63, 3.8) is 0 Å². The molecule has 0 amide bonds. The first-order chi connectivity index (χ1) is 19.0. The summed E-state index contributed by atoms with van der Waals surface area (Å²) in [6.45, 7) is 1.01. The monoisotopic (exact) mass is 564 g/mol. The number of hydrogen-bond donors (Lipinski definition) is 8. The highest BCUT2D eigenvalue weighted by atomic mass is 16.8. The minimum absolute atomic E-state index is 0.0852. The van der Waals surface area contributed by atoms with E-state index in [1.54, 1.807) is 0 Å². The summed E-state index contributed by atoms with van der Waals surface area (Å²) < 4.78 is 28.4. The molecule has 14 nitrogen and oxygen atoms in total. The molecule has 1 aromatic heterocycles. The smallest absolute Gasteiger partial charge is 0.239 e. The Labute approximate surface area is 225 Å². The van der Waals surface area contributed by atoms with Gasteiger partial charge in [-0.05, 0) is 31.2 Å². The van der Waals surface area contributed by atoms with Crippen LogP contribution in [0, 0.1) is 0 Å². The molecule has 3 aromatic rings. The maximum Gasteiger partial charge on any atom is 0.239 e. The van der Waals surface area contributed by atoms with Crippen molar-refractivity contribution >= 4 is 11.0 Å². The zero-order valence-corrected chi connectivity index (χ0v) is 20.9. The van der Waals surface area contributed by atoms with E-state index < -0.39 is 78.8 Å². The lowest BCUT2D eigenvalue weighted by Crippen LogP contribution is -2.62. The van der Waals surface area contributed by atoms with Crippen LogP contribution >= 0.6 is 0 Å². The standard InChI is InChI=1S/C26H28O14/c1-9-17(31)20(34)24(40-25-21(35)18(32)14(30)8-36-25)26(37-9)39-23-19(33)16-13(29)6-12(28)7-15(16)38-22(23)10-2-4-11(27)5-3-10/h2-7,9,14,17-18,20-21,24-32,34-35H,8H2,1H3. The van der Waals surface area contributed by atoms with Crippen LogP contribution in [0.25, 0.3) is 22.3 Å². The Morgan fingerprint density at radius 2 is 1.55 bits per heavy atom. The number of aliphatic hydroxyl groups excluding tert-OH is 5. The predicted octanol–water partition coefficient (Wildman–Crippen LogP) is -0.754. The van der Waals surface area contributed by atoms with E-state index in [0.29, 0.717) is 0 Å². The average Bonchev–Trinajstić information content (AvgIpc) is 2.91. The van der Waals surface area contributed by atoms with Crippen LogP contribution in [0.5, 0.6) is 23.0 Å². The second kappa shape index (κ2) is 10.8. The highest BCUT2D eigenvalue weighted by Gasteiger charge is 2.49. The zero-order valence-electron chi connectivity index (χ0n) is 20.9. The van der Waals surface area contributed by atoms with Crippen molar-refractivity contribution in [2.45, 2.75) is 62.2 Å². The summed E-state index contributed by atoms with van der Waals surface area (Å²) in [5, 5.41) is 81.1. The summed E-state index contributed by atoms with van der Waals surface area (Å²) in [5.41, 5.74) is -0.852. The van der Waals surface area contributed by atoms with E-state index in [2.05, 4.69) is 0 Å². The Morgan fingerprint density at radius 3 is 2.25 bits per heavy atom. The Bertz CT molecular complexity index is 1420. The van der Waals surface area contributed by atoms with Crippen LogP contribution in [0.1, 0.15) is 6.92 Å². The summed E-state index contributed by atoms with van der Waals surface area (Å²) in [6, 6.07) is 7.48. The molecule has 9 atom stereocenters. The summed E-state index contributed by atoms with van der Waals surface area (Å²) in [7, 11) is 0. The molecule has 3 heterocycles. The molecular weight excluding hydrogens is 536 g/mol. The molecule has 40 heavy (non-hydrogen) atoms. The van der Waals surface area contributed by atoms with Gasteiger partial charge in [-0.1, -0.05) is 0 Å². The van der Waals surface area contributed by atoms with Gasteiger partial charge in [0, 0.05) is 17.7 Å². The van der Waals surface area contributed by atoms with Gasteiger partial charge in [0.2, 0.25) is 17.5 Å². The highest BCUT2D eigenvalue weighted by Crippen LogP contribution is 2.38. The largest absolute Gasteiger partial charge is 0.508 e. The number of aliphatic hydroxyl groups is 5. The summed E-state index contributed by atoms with van der Waals surface area (Å²) in [4.78, 5) is 13.6. The summed E-state index contributed by atoms with van der Waals surface area (Å²) in [5.74, 6) is -1.80. The fourth-order valence-electron chi connectivity index (χ4n) is 4.59. The molecule has 2 fully saturated rings. The SMILES string of the molecule is CC1OC(Oc2c(-c3ccc(O)cc3)oc3cc(O)cc(O)c3c2=O)C(OC2OCC(O)C(O)C2O)C(O)C1O. The van der Waals surface area contributed by atoms with E-state index >= 15 is 0 Å². The number of hydrogen-bond acceptors (Lipinski definition) is 14. The number of phenolic OH excluding ortho intramolecular Hbond substituents is 3. The van der Waals surface area contributed by atoms with Gasteiger partial charge in [0.05, 0.1) is 12.7 Å². The maximum absolute atomic E-state index is 13.6. The molecule has 2 aliphatic rings. The van der Waals surface area contributed by atoms with Gasteiger partial charge >= 0.3 is 0 Å². The lowest BCUT2D eigenvalue weighted by atomic mass is 9.99. The van der Waals surface area contributed by atoms with Gasteiger partial charge in [0.1, 0.15) is 58.7 Å². The molecule has 2 saturated heterocycles. The van der Waals surface area contributed by atoms with Crippen LogP contribution in [-0.2, 0) is 14.2 Å². The van der Waals surface area contributed by atoms with Crippen LogP contribution in [0.15, 0.2) is 45.6 Å². The van der Waals surface area contributed by atoms with Crippen LogP contribution in [-0.4, -0.2) is 103 Å². The zero-order chi connectivity index (χ0) is 28.9. The fourth-order valence-corrected chi connectivity index (χ4v) is 4.59. The van der Waals surface area contributed by atoms with E-state index in [9.17, 15) is 45.6 Å². The first kappa shape index (κ1) is 28.1. The van der Waals surface area contributed by atoms with Gasteiger partial charge in [-0.2, -0.15) is 0 Å². The maximum atomic E-state index is 13.6. The van der Waals surface area contributed by atoms with Crippen LogP contribution in [0.2, 0.25) is 0 Å². The first-order valence-electron chi connectivity index (χ1n) is 12.3. The van der Waals surface area contributed by atoms with Crippen molar-refractivity contribution in [1.82, 2.24) is 0 Å². The lowest BCUT2D eigenvalue weighted by molar-refractivity contribution is -0.341. The minimum atomic E-state index is -1.75. The molecular formula is C26H28O14. The molecule has 0 saturated carbocycles. The molecule has 0 bridgehead atoms. The van der Waals surface area contributed by atoms with Gasteiger partial charge in [-0.3, -0.25) is 4.79 Å². The summed E-state index contributed by atoms with van der Waals surface area (Å²) in [6.07, 6.45) is -13.9. The van der Waals surface area contributed by atoms with Crippen molar-refractivity contribution in [3.05, 3.63) is 46.6 Å². The number of rotatable bonds is 5. The van der Waals surface area contributed by atoms with E-state index in [0.717, 1.165) is 12.1 Å². The molecule has 216 valence electrons. The van der Waals surface area contributed by atoms with Gasteiger partial charge < -0.3 is 64.2 Å². The van der Waals surface area contributed by atoms with Crippen LogP contribution in [0.4, 0.5) is 0 Å². The first-order valence-corrected chi connectivity index (χ1v) is 12.3. The Kier molecular flexibility index (Phi) is 7.60. The van der Waals surface area contributed by atoms with Crippen LogP contribution in [0.3, 0.4) is 0 Å². The normalized spacial score (nSPS) is 32.7. The molecule has 8 N–H and O–H groups in total. The Balaban J connectivity index is 1.59. The van der Waals surface area contributed by atoms with Gasteiger partial charge in [0.25, 0.3) is 0 Å². The van der Waals surface area contributed by atoms with Gasteiger partial charge in [0.15, 0.2) is 18.2 Å². The number of fused-ring (bicyclic) bond motifs is 1. The third-order valence-electron chi connectivity index (χ3n) is 6.81. The molecule has 2 aliphatic heterocycles. The Hall–Kier alpha value is -3.47. The topological polar surface area (TPSA) is 229 Å². The molecule has 0 radical (unpaired) electrons. The Morgan fingerprint density at radius 1 is 0.850 bits per heavy atom. The number of ether oxygens (including phenoxy) is 4. The quantitative estimate of drug-likeness (QED) is 0.191. The van der Waals surface area contributed by atoms with Gasteiger partial charge in [-0.25, -0.2) is 0 Å². The summed E-state index contributed by atoms with van der Waals surface area (Å²) >= 11 is 0. The number of aromatic hydroxyl groups is 3. The molecule has 5 rings (SSSR count). The average molecular weight is 564 g/mol. The third-order valence-corrected chi connectivity index (χ3v) is 6.81. The number of phenols is 3. The highest BCUT2D eigenvalue weighted by molar-refractivity contribution is 5.88. The predicted molar refractivity (Wildman–Crippen MR) is 133 cm³/mol. The minimum Gasteiger partial charge on any atom is -0.508 e. The fraction of sp³-hybridized carbons (Fsp3) is 0.423. The van der Waals surface area contributed by atoms with Crippen molar-refractivity contribution in [1.29, 1.82) is 0 Å². The van der Waals surface area contributed by atoms with Crippen LogP contribution < -0.4 is 10.2 Å². The van der Waals surface area contributed by atoms with E-state index in [1.807, 2.05) is 0 Å². The van der Waals surface area contributed by atoms with Crippen molar-refractivity contribution in [2.24, 2.45) is 0 Å². The molecule has 0 spiro atoms. The second-order valence-corrected chi connectivity index (χ2v) is 9.63. The third kappa shape index (κ3) is 5.07.